The van der Waals surface area contributed by atoms with E-state index >= 15 is 0 Å². The summed E-state index contributed by atoms with van der Waals surface area (Å²) in [5.74, 6) is 0.926. The number of nitrogens with one attached hydrogen (secondary N) is 1. The fourth-order valence-electron chi connectivity index (χ4n) is 5.56. The number of piperazine rings is 1. The summed E-state index contributed by atoms with van der Waals surface area (Å²) in [6.07, 6.45) is 4.68. The molecule has 39 heavy (non-hydrogen) atoms. The SMILES string of the molecule is CN1CCN(Cc2ccc(-c3nc(C4CCC(O)CC4)n4nc(Nc5cc(F)cc(Cl)c5)ncc34)cc2)CC1. The fourth-order valence-corrected chi connectivity index (χ4v) is 5.78. The second-order valence-electron chi connectivity index (χ2n) is 10.8. The minimum atomic E-state index is -0.437. The van der Waals surface area contributed by atoms with Gasteiger partial charge in [-0.05, 0) is 56.5 Å². The van der Waals surface area contributed by atoms with E-state index < -0.39 is 5.82 Å². The summed E-state index contributed by atoms with van der Waals surface area (Å²) >= 11 is 6.03. The average molecular weight is 550 g/mol. The summed E-state index contributed by atoms with van der Waals surface area (Å²) in [5, 5.41) is 18.2. The first-order valence-corrected chi connectivity index (χ1v) is 14.0. The maximum absolute atomic E-state index is 13.9. The lowest BCUT2D eigenvalue weighted by molar-refractivity contribution is 0.121. The molecule has 204 valence electrons. The molecule has 3 heterocycles. The topological polar surface area (TPSA) is 81.8 Å². The number of aliphatic hydroxyl groups is 1. The molecular weight excluding hydrogens is 517 g/mol. The molecule has 1 saturated heterocycles. The molecule has 0 amide bonds. The highest BCUT2D eigenvalue weighted by molar-refractivity contribution is 6.30. The third-order valence-electron chi connectivity index (χ3n) is 7.83. The van der Waals surface area contributed by atoms with E-state index in [9.17, 15) is 9.50 Å². The van der Waals surface area contributed by atoms with Crippen molar-refractivity contribution in [1.82, 2.24) is 29.4 Å². The molecule has 4 aromatic rings. The van der Waals surface area contributed by atoms with Gasteiger partial charge in [-0.25, -0.2) is 18.9 Å². The van der Waals surface area contributed by atoms with Crippen LogP contribution in [-0.4, -0.2) is 73.8 Å². The predicted molar refractivity (Wildman–Crippen MR) is 151 cm³/mol. The number of fused-ring (bicyclic) bond motifs is 1. The highest BCUT2D eigenvalue weighted by Crippen LogP contribution is 2.35. The van der Waals surface area contributed by atoms with Gasteiger partial charge in [-0.2, -0.15) is 0 Å². The first kappa shape index (κ1) is 26.1. The number of nitrogens with zero attached hydrogens (tertiary/aromatic N) is 6. The van der Waals surface area contributed by atoms with Crippen molar-refractivity contribution in [3.63, 3.8) is 0 Å². The molecule has 2 aliphatic rings. The lowest BCUT2D eigenvalue weighted by Gasteiger charge is -2.32. The summed E-state index contributed by atoms with van der Waals surface area (Å²) in [5.41, 5.74) is 4.41. The Balaban J connectivity index is 1.31. The number of aromatic nitrogens is 4. The number of rotatable bonds is 6. The van der Waals surface area contributed by atoms with E-state index in [-0.39, 0.29) is 12.0 Å². The molecule has 0 radical (unpaired) electrons. The van der Waals surface area contributed by atoms with E-state index in [0.29, 0.717) is 16.7 Å². The van der Waals surface area contributed by atoms with Crippen LogP contribution in [0.5, 0.6) is 0 Å². The lowest BCUT2D eigenvalue weighted by Crippen LogP contribution is -2.43. The maximum atomic E-state index is 13.9. The van der Waals surface area contributed by atoms with Gasteiger partial charge in [-0.3, -0.25) is 4.90 Å². The van der Waals surface area contributed by atoms with Crippen molar-refractivity contribution >= 4 is 28.8 Å². The monoisotopic (exact) mass is 549 g/mol. The van der Waals surface area contributed by atoms with Crippen LogP contribution in [0.4, 0.5) is 16.0 Å². The van der Waals surface area contributed by atoms with Crippen molar-refractivity contribution in [2.75, 3.05) is 38.5 Å². The average Bonchev–Trinajstić information content (AvgIpc) is 3.29. The molecule has 0 atom stereocenters. The number of hydrogen-bond acceptors (Lipinski definition) is 7. The van der Waals surface area contributed by atoms with Crippen molar-refractivity contribution in [3.05, 3.63) is 70.9 Å². The number of imidazole rings is 1. The zero-order valence-corrected chi connectivity index (χ0v) is 22.8. The number of benzene rings is 2. The largest absolute Gasteiger partial charge is 0.393 e. The van der Waals surface area contributed by atoms with Gasteiger partial charge in [0.1, 0.15) is 17.2 Å². The van der Waals surface area contributed by atoms with Gasteiger partial charge >= 0.3 is 0 Å². The Labute approximate surface area is 232 Å². The first-order valence-electron chi connectivity index (χ1n) is 13.6. The molecular formula is C29H33ClFN7O. The molecule has 0 spiro atoms. The second kappa shape index (κ2) is 11.2. The van der Waals surface area contributed by atoms with Crippen molar-refractivity contribution < 1.29 is 9.50 Å². The Bertz CT molecular complexity index is 1420. The standard InChI is InChI=1S/C29H33ClFN7O/c1-36-10-12-37(13-11-36)18-19-2-4-20(5-3-19)27-26-17-32-29(33-24-15-22(30)14-23(31)16-24)35-38(26)28(34-27)21-6-8-25(39)9-7-21/h2-5,14-17,21,25,39H,6-13,18H2,1H3,(H,33,35). The first-order chi connectivity index (χ1) is 18.9. The molecule has 0 bridgehead atoms. The number of likely N-dealkylation sites (N-methyl/N-ethyl adjacent to an activating group) is 1. The minimum absolute atomic E-state index is 0.178. The highest BCUT2D eigenvalue weighted by Gasteiger charge is 2.27. The molecule has 6 rings (SSSR count). The number of anilines is 2. The van der Waals surface area contributed by atoms with E-state index in [1.165, 1.54) is 17.7 Å². The molecule has 2 N–H and O–H groups in total. The third kappa shape index (κ3) is 5.91. The van der Waals surface area contributed by atoms with E-state index in [1.54, 1.807) is 12.3 Å². The van der Waals surface area contributed by atoms with Gasteiger partial charge in [0.2, 0.25) is 5.95 Å². The van der Waals surface area contributed by atoms with Gasteiger partial charge in [0, 0.05) is 54.9 Å². The van der Waals surface area contributed by atoms with Crippen molar-refractivity contribution in [3.8, 4) is 11.3 Å². The smallest absolute Gasteiger partial charge is 0.245 e. The Morgan fingerprint density at radius 3 is 2.49 bits per heavy atom. The van der Waals surface area contributed by atoms with Crippen LogP contribution in [0, 0.1) is 5.82 Å². The van der Waals surface area contributed by atoms with Gasteiger partial charge in [-0.15, -0.1) is 5.10 Å². The fraction of sp³-hybridized carbons (Fsp3) is 0.414. The van der Waals surface area contributed by atoms with Crippen LogP contribution in [0.2, 0.25) is 5.02 Å². The summed E-state index contributed by atoms with van der Waals surface area (Å²) in [7, 11) is 2.17. The van der Waals surface area contributed by atoms with Crippen molar-refractivity contribution in [1.29, 1.82) is 0 Å². The van der Waals surface area contributed by atoms with Crippen LogP contribution in [0.15, 0.2) is 48.7 Å². The highest BCUT2D eigenvalue weighted by atomic mass is 35.5. The zero-order valence-electron chi connectivity index (χ0n) is 22.0. The summed E-state index contributed by atoms with van der Waals surface area (Å²) in [4.78, 5) is 14.5. The molecule has 2 aromatic carbocycles. The van der Waals surface area contributed by atoms with E-state index in [2.05, 4.69) is 51.4 Å². The molecule has 1 saturated carbocycles. The number of aliphatic hydroxyl groups excluding tert-OH is 1. The molecule has 1 aliphatic heterocycles. The Morgan fingerprint density at radius 2 is 1.77 bits per heavy atom. The quantitative estimate of drug-likeness (QED) is 0.346. The summed E-state index contributed by atoms with van der Waals surface area (Å²) < 4.78 is 15.7. The summed E-state index contributed by atoms with van der Waals surface area (Å²) in [6.45, 7) is 5.30. The zero-order chi connectivity index (χ0) is 26.9. The van der Waals surface area contributed by atoms with Gasteiger partial charge in [-0.1, -0.05) is 35.9 Å². The van der Waals surface area contributed by atoms with Gasteiger partial charge in [0.25, 0.3) is 0 Å². The normalized spacial score (nSPS) is 20.9. The van der Waals surface area contributed by atoms with Crippen LogP contribution in [0.3, 0.4) is 0 Å². The van der Waals surface area contributed by atoms with Crippen LogP contribution < -0.4 is 5.32 Å². The number of halogens is 2. The van der Waals surface area contributed by atoms with Gasteiger partial charge in [0.15, 0.2) is 0 Å². The van der Waals surface area contributed by atoms with Crippen LogP contribution in [0.1, 0.15) is 43.0 Å². The minimum Gasteiger partial charge on any atom is -0.393 e. The van der Waals surface area contributed by atoms with E-state index in [0.717, 1.165) is 81.0 Å². The molecule has 10 heteroatoms. The molecule has 0 unspecified atom stereocenters. The van der Waals surface area contributed by atoms with E-state index in [1.807, 2.05) is 4.52 Å². The van der Waals surface area contributed by atoms with Gasteiger partial charge < -0.3 is 15.3 Å². The van der Waals surface area contributed by atoms with Gasteiger partial charge in [0.05, 0.1) is 18.0 Å². The van der Waals surface area contributed by atoms with Crippen LogP contribution in [-0.2, 0) is 6.54 Å². The summed E-state index contributed by atoms with van der Waals surface area (Å²) in [6, 6.07) is 12.9. The second-order valence-corrected chi connectivity index (χ2v) is 11.2. The van der Waals surface area contributed by atoms with Crippen LogP contribution >= 0.6 is 11.6 Å². The molecule has 1 aliphatic carbocycles. The third-order valence-corrected chi connectivity index (χ3v) is 8.05. The molecule has 2 aromatic heterocycles. The van der Waals surface area contributed by atoms with Crippen LogP contribution in [0.25, 0.3) is 16.8 Å². The lowest BCUT2D eigenvalue weighted by atomic mass is 9.87. The Hall–Kier alpha value is -3.11. The van der Waals surface area contributed by atoms with Crippen molar-refractivity contribution in [2.24, 2.45) is 0 Å². The van der Waals surface area contributed by atoms with E-state index in [4.69, 9.17) is 21.7 Å². The molecule has 8 nitrogen and oxygen atoms in total. The molecule has 2 fully saturated rings. The number of hydrogen-bond donors (Lipinski definition) is 2. The Morgan fingerprint density at radius 1 is 1.03 bits per heavy atom. The Kier molecular flexibility index (Phi) is 7.49. The maximum Gasteiger partial charge on any atom is 0.245 e. The van der Waals surface area contributed by atoms with Crippen molar-refractivity contribution in [2.45, 2.75) is 44.2 Å². The predicted octanol–water partition coefficient (Wildman–Crippen LogP) is 5.09.